The van der Waals surface area contributed by atoms with Gasteiger partial charge >= 0.3 is 6.09 Å². The maximum atomic E-state index is 16.0. The van der Waals surface area contributed by atoms with Gasteiger partial charge in [0.25, 0.3) is 0 Å². The highest BCUT2D eigenvalue weighted by atomic mass is 32.1. The topological polar surface area (TPSA) is 181 Å². The Morgan fingerprint density at radius 1 is 0.969 bits per heavy atom. The number of rotatable bonds is 11. The number of amides is 3. The van der Waals surface area contributed by atoms with E-state index < -0.39 is 83.8 Å². The summed E-state index contributed by atoms with van der Waals surface area (Å²) in [5.74, 6) is -4.30. The number of fused-ring (bicyclic) bond motifs is 3. The van der Waals surface area contributed by atoms with Crippen molar-refractivity contribution in [2.75, 3.05) is 19.0 Å². The number of benzene rings is 2. The molecule has 0 bridgehead atoms. The van der Waals surface area contributed by atoms with Gasteiger partial charge in [0.05, 0.1) is 25.5 Å². The zero-order chi connectivity index (χ0) is 46.0. The number of alkyl carbamates (subject to hydrolysis) is 1. The van der Waals surface area contributed by atoms with Gasteiger partial charge in [-0.25, -0.2) is 27.9 Å². The van der Waals surface area contributed by atoms with E-state index in [0.29, 0.717) is 41.2 Å². The van der Waals surface area contributed by atoms with E-state index in [4.69, 9.17) is 14.2 Å². The molecule has 14 nitrogen and oxygen atoms in total. The quantitative estimate of drug-likeness (QED) is 0.105. The van der Waals surface area contributed by atoms with E-state index in [1.165, 1.54) is 35.5 Å². The van der Waals surface area contributed by atoms with Crippen LogP contribution in [0.25, 0.3) is 22.3 Å². The van der Waals surface area contributed by atoms with Crippen LogP contribution in [0.5, 0.6) is 11.5 Å². The van der Waals surface area contributed by atoms with Crippen LogP contribution >= 0.6 is 18.7 Å². The van der Waals surface area contributed by atoms with Crippen LogP contribution in [-0.4, -0.2) is 86.9 Å². The first-order valence-electron chi connectivity index (χ1n) is 22.6. The monoisotopic (exact) mass is 940 g/mol. The molecule has 0 spiro atoms. The van der Waals surface area contributed by atoms with Gasteiger partial charge in [0.1, 0.15) is 58.2 Å². The molecule has 350 valence electrons. The number of carbonyl (C=O) groups is 3. The molecular formula is C46H56F3N6O8PS. The van der Waals surface area contributed by atoms with Crippen molar-refractivity contribution >= 4 is 52.6 Å². The van der Waals surface area contributed by atoms with Crippen LogP contribution in [0.15, 0.2) is 41.8 Å². The van der Waals surface area contributed by atoms with Gasteiger partial charge in [-0.3, -0.25) is 14.2 Å². The summed E-state index contributed by atoms with van der Waals surface area (Å²) in [6.45, 7) is 3.79. The third kappa shape index (κ3) is 10.1. The molecule has 3 unspecified atom stereocenters. The second kappa shape index (κ2) is 19.5. The van der Waals surface area contributed by atoms with Crippen molar-refractivity contribution in [3.8, 4) is 22.9 Å². The number of ether oxygens (including phenoxy) is 3. The van der Waals surface area contributed by atoms with E-state index in [1.54, 1.807) is 17.5 Å². The maximum Gasteiger partial charge on any atom is 0.408 e. The van der Waals surface area contributed by atoms with Gasteiger partial charge in [-0.2, -0.15) is 0 Å². The molecule has 4 aliphatic rings. The number of nitrogens with zero attached hydrogens (tertiary/aromatic N) is 3. The van der Waals surface area contributed by atoms with Crippen molar-refractivity contribution in [3.05, 3.63) is 64.8 Å². The predicted molar refractivity (Wildman–Crippen MR) is 240 cm³/mol. The van der Waals surface area contributed by atoms with Crippen molar-refractivity contribution < 1.29 is 51.2 Å². The Balaban J connectivity index is 1.14. The predicted octanol–water partition coefficient (Wildman–Crippen LogP) is 9.04. The maximum absolute atomic E-state index is 16.0. The molecule has 4 aromatic rings. The number of anilines is 1. The molecule has 8 rings (SSSR count). The van der Waals surface area contributed by atoms with E-state index in [-0.39, 0.29) is 55.0 Å². The van der Waals surface area contributed by atoms with E-state index in [2.05, 4.69) is 25.9 Å². The fourth-order valence-electron chi connectivity index (χ4n) is 9.58. The number of methoxy groups -OCH3 is 1. The van der Waals surface area contributed by atoms with Crippen molar-refractivity contribution in [2.24, 2.45) is 5.92 Å². The molecule has 4 heterocycles. The van der Waals surface area contributed by atoms with Crippen molar-refractivity contribution in [2.45, 2.75) is 139 Å². The van der Waals surface area contributed by atoms with Crippen molar-refractivity contribution in [1.82, 2.24) is 25.5 Å². The third-order valence-electron chi connectivity index (χ3n) is 13.1. The highest BCUT2D eigenvalue weighted by Gasteiger charge is 2.66. The Labute approximate surface area is 379 Å². The summed E-state index contributed by atoms with van der Waals surface area (Å²) < 4.78 is 78.1. The van der Waals surface area contributed by atoms with Crippen LogP contribution in [0.1, 0.15) is 103 Å². The first-order chi connectivity index (χ1) is 31.2. The second-order valence-electron chi connectivity index (χ2n) is 18.0. The summed E-state index contributed by atoms with van der Waals surface area (Å²) in [5.41, 5.74) is 0.149. The lowest BCUT2D eigenvalue weighted by Crippen LogP contribution is -2.55. The minimum Gasteiger partial charge on any atom is -0.494 e. The molecule has 2 aliphatic carbocycles. The number of carbonyl (C=O) groups excluding carboxylic acids is 3. The lowest BCUT2D eigenvalue weighted by molar-refractivity contribution is -0.140. The van der Waals surface area contributed by atoms with Crippen molar-refractivity contribution in [3.63, 3.8) is 0 Å². The van der Waals surface area contributed by atoms with Crippen LogP contribution in [0.4, 0.5) is 23.1 Å². The Morgan fingerprint density at radius 3 is 2.40 bits per heavy atom. The zero-order valence-corrected chi connectivity index (χ0v) is 38.5. The zero-order valence-electron chi connectivity index (χ0n) is 36.7. The average molecular weight is 941 g/mol. The summed E-state index contributed by atoms with van der Waals surface area (Å²) in [6.07, 6.45) is 4.91. The normalized spacial score (nSPS) is 25.2. The van der Waals surface area contributed by atoms with Crippen LogP contribution in [-0.2, 0) is 25.1 Å². The highest BCUT2D eigenvalue weighted by molar-refractivity contribution is 7.59. The number of nitrogens with one attached hydrogen (secondary N) is 3. The molecule has 2 aromatic carbocycles. The summed E-state index contributed by atoms with van der Waals surface area (Å²) in [6, 6.07) is 5.63. The Hall–Kier alpha value is -4.93. The smallest absolute Gasteiger partial charge is 0.408 e. The first-order valence-corrected chi connectivity index (χ1v) is 25.3. The Morgan fingerprint density at radius 2 is 1.68 bits per heavy atom. The molecule has 3 amide bonds. The number of thiazole rings is 1. The van der Waals surface area contributed by atoms with Gasteiger partial charge in [-0.15, -0.1) is 11.3 Å². The fraction of sp³-hybridized carbons (Fsp3) is 0.543. The molecule has 65 heavy (non-hydrogen) atoms. The van der Waals surface area contributed by atoms with Crippen LogP contribution in [0, 0.1) is 23.4 Å². The van der Waals surface area contributed by atoms with Crippen LogP contribution < -0.4 is 25.4 Å². The lowest BCUT2D eigenvalue weighted by Gasteiger charge is -2.31. The molecule has 2 aromatic heterocycles. The van der Waals surface area contributed by atoms with Crippen LogP contribution in [0.3, 0.4) is 0 Å². The molecular weight excluding hydrogens is 885 g/mol. The Kier molecular flexibility index (Phi) is 14.0. The molecule has 2 saturated heterocycles. The van der Waals surface area contributed by atoms with E-state index in [1.807, 2.05) is 13.8 Å². The minimum atomic E-state index is -4.58. The summed E-state index contributed by atoms with van der Waals surface area (Å²) >= 11 is 1.35. The number of aromatic nitrogens is 2. The number of hydrogen-bond acceptors (Lipinski definition) is 11. The Bertz CT molecular complexity index is 2450. The summed E-state index contributed by atoms with van der Waals surface area (Å²) in [5, 5.41) is 9.91. The standard InChI is InChI=1S/C46H56F3N6O8PS/c1-26(2)50-44-52-36(25-65-44)35-21-39(30-18-19-38(61-3)40(49)41(30)51-35)62-29-20-37-42(56)54-46(64(59,60)24-31-32(47)15-11-16-33(31)48)22-27(46)12-7-5-4-6-8-17-34(43(57)55(37)23-29)53-45(58)63-28-13-9-10-14-28/h11,15-16,18-19,21,25-29,34,37H,4-10,12-14,17,20,22-24H2,1-3H3,(H,50,52)(H,53,58)(H,54,56)(H,59,60)/t27-,29?,34?,37+,46+/m1/s1. The molecule has 4 N–H and O–H groups in total. The van der Waals surface area contributed by atoms with Gasteiger partial charge in [-0.05, 0) is 89.0 Å². The highest BCUT2D eigenvalue weighted by Crippen LogP contribution is 2.71. The average Bonchev–Trinajstić information content (AvgIpc) is 3.68. The van der Waals surface area contributed by atoms with Gasteiger partial charge in [0.15, 0.2) is 16.7 Å². The molecule has 2 aliphatic heterocycles. The summed E-state index contributed by atoms with van der Waals surface area (Å²) in [4.78, 5) is 65.4. The van der Waals surface area contributed by atoms with Crippen molar-refractivity contribution in [1.29, 1.82) is 0 Å². The number of halogens is 3. The minimum absolute atomic E-state index is 0.0428. The van der Waals surface area contributed by atoms with Gasteiger partial charge in [0.2, 0.25) is 19.2 Å². The SMILES string of the molecule is COc1ccc2c(OC3C[C@H]4C(=O)N[C@]5(P(=O)(O)Cc6c(F)cccc6F)C[C@H]5CCCCCCCC(NC(=O)OC5CCCC5)C(=O)N4C3)cc(-c3csc(NC(C)C)n3)nc2c1F. The molecule has 2 saturated carbocycles. The molecule has 4 fully saturated rings. The molecule has 0 radical (unpaired) electrons. The fourth-order valence-corrected chi connectivity index (χ4v) is 12.9. The third-order valence-corrected chi connectivity index (χ3v) is 16.5. The largest absolute Gasteiger partial charge is 0.494 e. The summed E-state index contributed by atoms with van der Waals surface area (Å²) in [7, 11) is -3.24. The first kappa shape index (κ1) is 46.6. The second-order valence-corrected chi connectivity index (χ2v) is 21.4. The van der Waals surface area contributed by atoms with Crippen LogP contribution in [0.2, 0.25) is 0 Å². The van der Waals surface area contributed by atoms with Gasteiger partial charge < -0.3 is 40.0 Å². The number of hydrogen-bond donors (Lipinski definition) is 4. The van der Waals surface area contributed by atoms with E-state index in [9.17, 15) is 32.6 Å². The number of pyridine rings is 1. The van der Waals surface area contributed by atoms with E-state index in [0.717, 1.165) is 57.1 Å². The van der Waals surface area contributed by atoms with Gasteiger partial charge in [0, 0.05) is 34.9 Å². The lowest BCUT2D eigenvalue weighted by atomic mass is 10.0. The molecule has 6 atom stereocenters. The van der Waals surface area contributed by atoms with Gasteiger partial charge in [-0.1, -0.05) is 38.2 Å². The van der Waals surface area contributed by atoms with E-state index >= 15 is 4.39 Å². The molecule has 19 heteroatoms.